The molecular weight excluding hydrogens is 216 g/mol. The summed E-state index contributed by atoms with van der Waals surface area (Å²) in [6.45, 7) is 2.88. The lowest BCUT2D eigenvalue weighted by Gasteiger charge is -2.04. The van der Waals surface area contributed by atoms with Gasteiger partial charge in [-0.15, -0.1) is 12.4 Å². The van der Waals surface area contributed by atoms with Crippen molar-refractivity contribution in [1.29, 1.82) is 0 Å². The summed E-state index contributed by atoms with van der Waals surface area (Å²) >= 11 is 11.6. The maximum Gasteiger partial charge on any atom is 0.0652 e. The van der Waals surface area contributed by atoms with Gasteiger partial charge in [0, 0.05) is 11.6 Å². The second kappa shape index (κ2) is 5.52. The van der Waals surface area contributed by atoms with Gasteiger partial charge in [-0.3, -0.25) is 0 Å². The molecule has 0 aliphatic heterocycles. The Morgan fingerprint density at radius 1 is 1.33 bits per heavy atom. The minimum Gasteiger partial charge on any atom is -0.384 e. The largest absolute Gasteiger partial charge is 0.384 e. The molecule has 0 saturated carbocycles. The lowest BCUT2D eigenvalue weighted by molar-refractivity contribution is 1.21. The maximum absolute atomic E-state index is 5.86. The van der Waals surface area contributed by atoms with Gasteiger partial charge in [-0.2, -0.15) is 0 Å². The molecule has 0 aromatic heterocycles. The normalized spacial score (nSPS) is 8.92. The number of halogens is 3. The highest BCUT2D eigenvalue weighted by molar-refractivity contribution is 6.36. The van der Waals surface area contributed by atoms with Crippen molar-refractivity contribution < 1.29 is 0 Å². The predicted octanol–water partition coefficient (Wildman–Crippen LogP) is 3.85. The first kappa shape index (κ1) is 11.9. The Hall–Kier alpha value is -0.110. The first-order valence-corrected chi connectivity index (χ1v) is 4.18. The molecule has 12 heavy (non-hydrogen) atoms. The monoisotopic (exact) mass is 225 g/mol. The molecule has 1 aromatic rings. The van der Waals surface area contributed by atoms with Crippen LogP contribution < -0.4 is 5.32 Å². The van der Waals surface area contributed by atoms with Gasteiger partial charge >= 0.3 is 0 Å². The highest BCUT2D eigenvalue weighted by atomic mass is 35.5. The lowest BCUT2D eigenvalue weighted by atomic mass is 10.3. The lowest BCUT2D eigenvalue weighted by Crippen LogP contribution is -1.96. The molecule has 1 rings (SSSR count). The Morgan fingerprint density at radius 3 is 2.50 bits per heavy atom. The summed E-state index contributed by atoms with van der Waals surface area (Å²) in [5.41, 5.74) is 0.929. The van der Waals surface area contributed by atoms with Crippen molar-refractivity contribution in [3.63, 3.8) is 0 Å². The second-order valence-corrected chi connectivity index (χ2v) is 3.00. The molecule has 0 atom stereocenters. The van der Waals surface area contributed by atoms with Crippen LogP contribution in [0.5, 0.6) is 0 Å². The molecule has 1 aromatic carbocycles. The van der Waals surface area contributed by atoms with Gasteiger partial charge in [-0.1, -0.05) is 23.2 Å². The van der Waals surface area contributed by atoms with E-state index in [9.17, 15) is 0 Å². The Balaban J connectivity index is 0.00000121. The fourth-order valence-electron chi connectivity index (χ4n) is 0.823. The summed E-state index contributed by atoms with van der Waals surface area (Å²) in [6, 6.07) is 5.40. The van der Waals surface area contributed by atoms with E-state index >= 15 is 0 Å². The van der Waals surface area contributed by atoms with Crippen molar-refractivity contribution in [3.8, 4) is 0 Å². The molecule has 4 heteroatoms. The molecule has 1 nitrogen and oxygen atoms in total. The van der Waals surface area contributed by atoms with E-state index in [1.807, 2.05) is 19.1 Å². The van der Waals surface area contributed by atoms with Crippen LogP contribution in [-0.4, -0.2) is 6.54 Å². The van der Waals surface area contributed by atoms with Crippen molar-refractivity contribution in [2.24, 2.45) is 0 Å². The number of anilines is 1. The third kappa shape index (κ3) is 3.10. The molecule has 1 N–H and O–H groups in total. The molecule has 0 aliphatic rings. The average Bonchev–Trinajstić information content (AvgIpc) is 1.95. The predicted molar refractivity (Wildman–Crippen MR) is 57.9 cm³/mol. The molecule has 0 saturated heterocycles. The molecule has 0 radical (unpaired) electrons. The summed E-state index contributed by atoms with van der Waals surface area (Å²) < 4.78 is 0. The van der Waals surface area contributed by atoms with Crippen LogP contribution in [0.4, 0.5) is 5.69 Å². The number of hydrogen-bond acceptors (Lipinski definition) is 1. The van der Waals surface area contributed by atoms with E-state index in [0.29, 0.717) is 10.0 Å². The fraction of sp³-hybridized carbons (Fsp3) is 0.250. The highest BCUT2D eigenvalue weighted by Crippen LogP contribution is 2.24. The Bertz CT molecular complexity index is 250. The van der Waals surface area contributed by atoms with Crippen LogP contribution in [0.25, 0.3) is 0 Å². The van der Waals surface area contributed by atoms with Crippen molar-refractivity contribution in [2.75, 3.05) is 11.9 Å². The molecule has 0 unspecified atom stereocenters. The zero-order valence-electron chi connectivity index (χ0n) is 6.60. The van der Waals surface area contributed by atoms with Gasteiger partial charge in [0.15, 0.2) is 0 Å². The van der Waals surface area contributed by atoms with Gasteiger partial charge in [0.25, 0.3) is 0 Å². The summed E-state index contributed by atoms with van der Waals surface area (Å²) in [6.07, 6.45) is 0. The smallest absolute Gasteiger partial charge is 0.0652 e. The van der Waals surface area contributed by atoms with Gasteiger partial charge in [0.2, 0.25) is 0 Å². The van der Waals surface area contributed by atoms with Crippen molar-refractivity contribution >= 4 is 41.3 Å². The van der Waals surface area contributed by atoms with Crippen molar-refractivity contribution in [1.82, 2.24) is 0 Å². The second-order valence-electron chi connectivity index (χ2n) is 2.15. The Kier molecular flexibility index (Phi) is 5.47. The summed E-state index contributed by atoms with van der Waals surface area (Å²) in [5.74, 6) is 0. The zero-order chi connectivity index (χ0) is 8.27. The molecular formula is C8H10Cl3N. The van der Waals surface area contributed by atoms with Gasteiger partial charge in [-0.05, 0) is 25.1 Å². The van der Waals surface area contributed by atoms with E-state index in [2.05, 4.69) is 5.32 Å². The first-order chi connectivity index (χ1) is 5.24. The van der Waals surface area contributed by atoms with E-state index in [1.165, 1.54) is 0 Å². The van der Waals surface area contributed by atoms with Crippen molar-refractivity contribution in [2.45, 2.75) is 6.92 Å². The molecule has 0 aliphatic carbocycles. The topological polar surface area (TPSA) is 12.0 Å². The van der Waals surface area contributed by atoms with Gasteiger partial charge in [0.1, 0.15) is 0 Å². The van der Waals surface area contributed by atoms with Gasteiger partial charge in [-0.25, -0.2) is 0 Å². The van der Waals surface area contributed by atoms with E-state index in [-0.39, 0.29) is 12.4 Å². The van der Waals surface area contributed by atoms with Crippen LogP contribution in [0.15, 0.2) is 18.2 Å². The number of rotatable bonds is 2. The highest BCUT2D eigenvalue weighted by Gasteiger charge is 1.97. The summed E-state index contributed by atoms with van der Waals surface area (Å²) in [4.78, 5) is 0. The van der Waals surface area contributed by atoms with E-state index in [0.717, 1.165) is 12.2 Å². The van der Waals surface area contributed by atoms with Gasteiger partial charge < -0.3 is 5.32 Å². The summed E-state index contributed by atoms with van der Waals surface area (Å²) in [7, 11) is 0. The average molecular weight is 227 g/mol. The van der Waals surface area contributed by atoms with E-state index in [1.54, 1.807) is 6.07 Å². The molecule has 0 heterocycles. The fourth-order valence-corrected chi connectivity index (χ4v) is 1.30. The zero-order valence-corrected chi connectivity index (χ0v) is 8.93. The summed E-state index contributed by atoms with van der Waals surface area (Å²) in [5, 5.41) is 4.44. The first-order valence-electron chi connectivity index (χ1n) is 3.43. The third-order valence-corrected chi connectivity index (χ3v) is 1.85. The number of benzene rings is 1. The van der Waals surface area contributed by atoms with Crippen LogP contribution in [0, 0.1) is 0 Å². The van der Waals surface area contributed by atoms with Gasteiger partial charge in [0.05, 0.1) is 10.7 Å². The maximum atomic E-state index is 5.86. The van der Waals surface area contributed by atoms with Crippen LogP contribution in [-0.2, 0) is 0 Å². The standard InChI is InChI=1S/C8H9Cl2N.ClH/c1-2-11-8-4-3-6(9)5-7(8)10;/h3-5,11H,2H2,1H3;1H. The molecule has 0 fully saturated rings. The van der Waals surface area contributed by atoms with Crippen LogP contribution in [0.1, 0.15) is 6.92 Å². The minimum absolute atomic E-state index is 0. The number of hydrogen-bond donors (Lipinski definition) is 1. The minimum atomic E-state index is 0. The quantitative estimate of drug-likeness (QED) is 0.808. The molecule has 68 valence electrons. The Labute approximate surface area is 88.5 Å². The van der Waals surface area contributed by atoms with Crippen LogP contribution >= 0.6 is 35.6 Å². The van der Waals surface area contributed by atoms with Crippen LogP contribution in [0.3, 0.4) is 0 Å². The molecule has 0 spiro atoms. The Morgan fingerprint density at radius 2 is 2.00 bits per heavy atom. The third-order valence-electron chi connectivity index (χ3n) is 1.30. The number of nitrogens with one attached hydrogen (secondary N) is 1. The van der Waals surface area contributed by atoms with E-state index in [4.69, 9.17) is 23.2 Å². The van der Waals surface area contributed by atoms with Crippen molar-refractivity contribution in [3.05, 3.63) is 28.2 Å². The van der Waals surface area contributed by atoms with Crippen LogP contribution in [0.2, 0.25) is 10.0 Å². The molecule has 0 bridgehead atoms. The SMILES string of the molecule is CCNc1ccc(Cl)cc1Cl.Cl. The molecule has 0 amide bonds. The van der Waals surface area contributed by atoms with E-state index < -0.39 is 0 Å².